The fourth-order valence-electron chi connectivity index (χ4n) is 3.06. The van der Waals surface area contributed by atoms with Crippen LogP contribution in [0.4, 0.5) is 0 Å². The highest BCUT2D eigenvalue weighted by molar-refractivity contribution is 5.46. The van der Waals surface area contributed by atoms with Crippen molar-refractivity contribution in [1.29, 1.82) is 0 Å². The molecule has 0 saturated carbocycles. The molecular weight excluding hydrogens is 284 g/mol. The van der Waals surface area contributed by atoms with Crippen LogP contribution < -0.4 is 4.74 Å². The van der Waals surface area contributed by atoms with Crippen molar-refractivity contribution in [3.05, 3.63) is 23.3 Å². The fraction of sp³-hybridized carbons (Fsp3) is 0.714. The number of unbranched alkanes of at least 4 members (excludes halogenated alkanes) is 9. The summed E-state index contributed by atoms with van der Waals surface area (Å²) in [5.74, 6) is 1.31. The molecule has 1 N–H and O–H groups in total. The first-order valence-corrected chi connectivity index (χ1v) is 9.64. The zero-order valence-corrected chi connectivity index (χ0v) is 15.5. The van der Waals surface area contributed by atoms with Crippen LogP contribution in [0.3, 0.4) is 0 Å². The smallest absolute Gasteiger partial charge is 0.125 e. The van der Waals surface area contributed by atoms with Crippen LogP contribution in [0.5, 0.6) is 11.5 Å². The number of aryl methyl sites for hydroxylation is 2. The van der Waals surface area contributed by atoms with Crippen LogP contribution in [0.15, 0.2) is 12.1 Å². The molecule has 1 aromatic carbocycles. The Bertz CT molecular complexity index is 426. The minimum atomic E-state index is 0.339. The zero-order valence-electron chi connectivity index (χ0n) is 15.5. The van der Waals surface area contributed by atoms with Crippen LogP contribution in [0.1, 0.15) is 89.2 Å². The number of hydrogen-bond acceptors (Lipinski definition) is 2. The van der Waals surface area contributed by atoms with Crippen LogP contribution in [-0.2, 0) is 6.42 Å². The summed E-state index contributed by atoms with van der Waals surface area (Å²) in [6.45, 7) is 7.16. The van der Waals surface area contributed by atoms with Crippen molar-refractivity contribution in [2.75, 3.05) is 6.61 Å². The van der Waals surface area contributed by atoms with Gasteiger partial charge in [-0.25, -0.2) is 0 Å². The van der Waals surface area contributed by atoms with Gasteiger partial charge in [0.15, 0.2) is 0 Å². The molecule has 1 aromatic rings. The number of ether oxygens (including phenoxy) is 1. The molecule has 2 nitrogen and oxygen atoms in total. The minimum Gasteiger partial charge on any atom is -0.508 e. The Morgan fingerprint density at radius 2 is 1.39 bits per heavy atom. The number of hydrogen-bond donors (Lipinski definition) is 1. The highest BCUT2D eigenvalue weighted by Crippen LogP contribution is 2.29. The summed E-state index contributed by atoms with van der Waals surface area (Å²) in [5, 5.41) is 9.65. The Hall–Kier alpha value is -1.18. The minimum absolute atomic E-state index is 0.339. The van der Waals surface area contributed by atoms with Gasteiger partial charge in [-0.1, -0.05) is 71.6 Å². The summed E-state index contributed by atoms with van der Waals surface area (Å²) < 4.78 is 5.97. The third kappa shape index (κ3) is 8.29. The molecule has 0 spiro atoms. The van der Waals surface area contributed by atoms with E-state index in [4.69, 9.17) is 4.74 Å². The lowest BCUT2D eigenvalue weighted by Gasteiger charge is -2.14. The Morgan fingerprint density at radius 3 is 1.96 bits per heavy atom. The summed E-state index contributed by atoms with van der Waals surface area (Å²) in [5.41, 5.74) is 2.14. The second-order valence-corrected chi connectivity index (χ2v) is 6.63. The predicted molar refractivity (Wildman–Crippen MR) is 99.6 cm³/mol. The van der Waals surface area contributed by atoms with E-state index in [0.29, 0.717) is 5.75 Å². The van der Waals surface area contributed by atoms with Crippen molar-refractivity contribution in [2.45, 2.75) is 91.4 Å². The molecule has 0 atom stereocenters. The van der Waals surface area contributed by atoms with Gasteiger partial charge >= 0.3 is 0 Å². The lowest BCUT2D eigenvalue weighted by atomic mass is 10.1. The molecule has 0 aliphatic heterocycles. The van der Waals surface area contributed by atoms with E-state index in [1.165, 1.54) is 57.8 Å². The van der Waals surface area contributed by atoms with E-state index in [1.807, 2.05) is 13.0 Å². The first-order valence-electron chi connectivity index (χ1n) is 9.64. The lowest BCUT2D eigenvalue weighted by molar-refractivity contribution is 0.299. The van der Waals surface area contributed by atoms with Gasteiger partial charge in [-0.05, 0) is 43.0 Å². The number of aromatic hydroxyl groups is 1. The van der Waals surface area contributed by atoms with Gasteiger partial charge in [-0.15, -0.1) is 0 Å². The summed E-state index contributed by atoms with van der Waals surface area (Å²) in [7, 11) is 0. The topological polar surface area (TPSA) is 29.5 Å². The Balaban J connectivity index is 2.09. The summed E-state index contributed by atoms with van der Waals surface area (Å²) in [4.78, 5) is 0. The number of phenols is 1. The molecule has 0 amide bonds. The van der Waals surface area contributed by atoms with Crippen molar-refractivity contribution in [3.8, 4) is 11.5 Å². The highest BCUT2D eigenvalue weighted by Gasteiger charge is 2.08. The normalized spacial score (nSPS) is 10.9. The Kier molecular flexibility index (Phi) is 10.6. The third-order valence-corrected chi connectivity index (χ3v) is 4.46. The molecule has 0 fully saturated rings. The van der Waals surface area contributed by atoms with Gasteiger partial charge in [0.05, 0.1) is 6.61 Å². The van der Waals surface area contributed by atoms with Gasteiger partial charge in [0, 0.05) is 0 Å². The van der Waals surface area contributed by atoms with Crippen LogP contribution >= 0.6 is 0 Å². The maximum atomic E-state index is 9.65. The maximum Gasteiger partial charge on any atom is 0.125 e. The molecule has 0 radical (unpaired) electrons. The van der Waals surface area contributed by atoms with Gasteiger partial charge in [-0.2, -0.15) is 0 Å². The van der Waals surface area contributed by atoms with Crippen molar-refractivity contribution in [1.82, 2.24) is 0 Å². The summed E-state index contributed by atoms with van der Waals surface area (Å²) in [6.07, 6.45) is 14.3. The highest BCUT2D eigenvalue weighted by atomic mass is 16.5. The van der Waals surface area contributed by atoms with Crippen molar-refractivity contribution < 1.29 is 9.84 Å². The quantitative estimate of drug-likeness (QED) is 0.417. The van der Waals surface area contributed by atoms with E-state index in [-0.39, 0.29) is 0 Å². The van der Waals surface area contributed by atoms with Crippen LogP contribution in [0, 0.1) is 6.92 Å². The second kappa shape index (κ2) is 12.3. The second-order valence-electron chi connectivity index (χ2n) is 6.63. The molecule has 0 unspecified atom stereocenters. The predicted octanol–water partition coefficient (Wildman–Crippen LogP) is 6.56. The van der Waals surface area contributed by atoms with E-state index in [1.54, 1.807) is 6.07 Å². The lowest BCUT2D eigenvalue weighted by Crippen LogP contribution is -2.02. The van der Waals surface area contributed by atoms with Gasteiger partial charge < -0.3 is 9.84 Å². The Morgan fingerprint density at radius 1 is 0.826 bits per heavy atom. The van der Waals surface area contributed by atoms with E-state index < -0.39 is 0 Å². The van der Waals surface area contributed by atoms with Gasteiger partial charge in [0.2, 0.25) is 0 Å². The molecule has 0 aromatic heterocycles. The molecule has 2 heteroatoms. The monoisotopic (exact) mass is 320 g/mol. The molecule has 1 rings (SSSR count). The summed E-state index contributed by atoms with van der Waals surface area (Å²) in [6, 6.07) is 3.61. The molecule has 0 saturated heterocycles. The van der Waals surface area contributed by atoms with Crippen molar-refractivity contribution in [2.24, 2.45) is 0 Å². The van der Waals surface area contributed by atoms with E-state index in [2.05, 4.69) is 13.8 Å². The first kappa shape index (κ1) is 19.9. The number of rotatable bonds is 13. The van der Waals surface area contributed by atoms with Crippen LogP contribution in [0.25, 0.3) is 0 Å². The van der Waals surface area contributed by atoms with Crippen LogP contribution in [-0.4, -0.2) is 11.7 Å². The molecular formula is C21H36O2. The fourth-order valence-corrected chi connectivity index (χ4v) is 3.06. The molecule has 23 heavy (non-hydrogen) atoms. The van der Waals surface area contributed by atoms with Crippen molar-refractivity contribution in [3.63, 3.8) is 0 Å². The largest absolute Gasteiger partial charge is 0.508 e. The molecule has 0 bridgehead atoms. The maximum absolute atomic E-state index is 9.65. The third-order valence-electron chi connectivity index (χ3n) is 4.46. The van der Waals surface area contributed by atoms with Gasteiger partial charge in [0.25, 0.3) is 0 Å². The van der Waals surface area contributed by atoms with Gasteiger partial charge in [0.1, 0.15) is 11.5 Å². The molecule has 0 heterocycles. The first-order chi connectivity index (χ1) is 11.2. The zero-order chi connectivity index (χ0) is 16.9. The average molecular weight is 321 g/mol. The SMILES string of the molecule is CCCCCCCCCCCCOc1c(C)cc(O)cc1CC. The van der Waals surface area contributed by atoms with E-state index in [9.17, 15) is 5.11 Å². The standard InChI is InChI=1S/C21H36O2/c1-4-6-7-8-9-10-11-12-13-14-15-23-21-18(3)16-20(22)17-19(21)5-2/h16-17,22H,4-15H2,1-3H3. The molecule has 132 valence electrons. The molecule has 0 aliphatic rings. The Labute approximate surface area is 143 Å². The van der Waals surface area contributed by atoms with Gasteiger partial charge in [-0.3, -0.25) is 0 Å². The average Bonchev–Trinajstić information content (AvgIpc) is 2.53. The molecule has 0 aliphatic carbocycles. The number of phenolic OH excluding ortho intramolecular Hbond substituents is 1. The summed E-state index contributed by atoms with van der Waals surface area (Å²) >= 11 is 0. The van der Waals surface area contributed by atoms with Crippen molar-refractivity contribution >= 4 is 0 Å². The van der Waals surface area contributed by atoms with E-state index >= 15 is 0 Å². The van der Waals surface area contributed by atoms with E-state index in [0.717, 1.165) is 36.3 Å². The van der Waals surface area contributed by atoms with Crippen LogP contribution in [0.2, 0.25) is 0 Å². The number of benzene rings is 1.